The van der Waals surface area contributed by atoms with Crippen LogP contribution in [0, 0.1) is 35.4 Å². The Balaban J connectivity index is 1.73. The van der Waals surface area contributed by atoms with Crippen LogP contribution in [-0.2, 0) is 81.7 Å². The summed E-state index contributed by atoms with van der Waals surface area (Å²) < 4.78 is 20.6. The molecule has 0 aliphatic carbocycles. The first-order chi connectivity index (χ1) is 49.9. The van der Waals surface area contributed by atoms with Crippen molar-refractivity contribution in [2.45, 2.75) is 213 Å². The van der Waals surface area contributed by atoms with Gasteiger partial charge in [-0.15, -0.1) is 0 Å². The highest BCUT2D eigenvalue weighted by Crippen LogP contribution is 2.25. The largest absolute Gasteiger partial charge is 0.391 e. The number of ether oxygens (including phenoxy) is 1. The van der Waals surface area contributed by atoms with E-state index in [1.807, 2.05) is 41.5 Å². The average Bonchev–Trinajstić information content (AvgIpc) is 0.805. The molecule has 0 bridgehead atoms. The quantitative estimate of drug-likeness (QED) is 0.112. The maximum Gasteiger partial charge on any atom is 0.248 e. The predicted octanol–water partition coefficient (Wildman–Crippen LogP) is 4.22. The molecule has 2 saturated heterocycles. The number of amides is 12. The molecule has 1 aromatic heterocycles. The molecule has 28 heteroatoms. The van der Waals surface area contributed by atoms with E-state index in [0.29, 0.717) is 43.5 Å². The normalized spacial score (nSPS) is 24.6. The number of hydrogen-bond acceptors (Lipinski definition) is 15. The van der Waals surface area contributed by atoms with Crippen LogP contribution in [0.4, 0.5) is 4.39 Å². The number of pyridine rings is 1. The summed E-state index contributed by atoms with van der Waals surface area (Å²) in [5.74, 6) is -12.0. The van der Waals surface area contributed by atoms with Crippen LogP contribution in [-0.4, -0.2) is 262 Å². The first-order valence-electron chi connectivity index (χ1n) is 37.2. The van der Waals surface area contributed by atoms with Crippen molar-refractivity contribution in [3.05, 3.63) is 102 Å². The van der Waals surface area contributed by atoms with Crippen LogP contribution in [0.25, 0.3) is 0 Å². The zero-order valence-electron chi connectivity index (χ0n) is 65.5. The molecule has 2 aliphatic rings. The number of carbonyl (C=O) groups excluding carboxylic acids is 12. The lowest BCUT2D eigenvalue weighted by molar-refractivity contribution is -0.152. The summed E-state index contributed by atoms with van der Waals surface area (Å²) in [6.45, 7) is 18.2. The Bertz CT molecular complexity index is 3470. The number of aromatic nitrogens is 1. The van der Waals surface area contributed by atoms with Gasteiger partial charge in [0.25, 0.3) is 0 Å². The summed E-state index contributed by atoms with van der Waals surface area (Å²) >= 11 is 0. The van der Waals surface area contributed by atoms with Crippen LogP contribution in [0.3, 0.4) is 0 Å². The molecule has 27 nitrogen and oxygen atoms in total. The topological polar surface area (TPSA) is 321 Å². The maximum absolute atomic E-state index is 15.7. The number of benzene rings is 2. The van der Waals surface area contributed by atoms with Crippen molar-refractivity contribution >= 4 is 70.9 Å². The van der Waals surface area contributed by atoms with E-state index in [1.165, 1.54) is 83.2 Å². The molecule has 2 aliphatic heterocycles. The van der Waals surface area contributed by atoms with E-state index in [-0.39, 0.29) is 62.0 Å². The van der Waals surface area contributed by atoms with E-state index in [0.717, 1.165) is 32.2 Å². The standard InChI is InChI=1S/C78H118FN13O14/c1-19-51(10)68-72(99)84-66(52(11)93)78(105)85(12)44-65(95)86(13)60(36-48(4)5)69(96)82-58(75(102)92-33-27-22-28-34-92)41-64(94)90(17)67(50(8)9)71(98)83-59(46-106-45-55-38-56(79)43-80-42-55)74(101)88(15)62(37-49(6)7)76(103)87(14)61(39-53-29-23-20-24-30-53)70(97)81-57(35-47(2)3)73(100)89(16)63(77(104)91(68)18)40-54-31-25-21-26-32-54/h20-21,23-26,29-32,38,42-43,47-52,57-63,66-68,93H,19,22,27-28,33-37,39-41,44-46H2,1-18H3,(H,81,97)(H,82,96)(H,83,98)(H,84,99)/t51-,52+,57-,58-,59-,60-,61-,62-,63-,66-,67-,68-/m0/s1. The third-order valence-electron chi connectivity index (χ3n) is 20.0. The fourth-order valence-corrected chi connectivity index (χ4v) is 13.7. The van der Waals surface area contributed by atoms with E-state index < -0.39 is 175 Å². The van der Waals surface area contributed by atoms with Crippen molar-refractivity contribution < 1.29 is 71.8 Å². The van der Waals surface area contributed by atoms with Gasteiger partial charge in [0.05, 0.1) is 38.5 Å². The monoisotopic (exact) mass is 1480 g/mol. The fourth-order valence-electron chi connectivity index (χ4n) is 13.7. The Hall–Kier alpha value is -8.92. The number of nitrogens with one attached hydrogen (secondary N) is 4. The van der Waals surface area contributed by atoms with E-state index in [2.05, 4.69) is 26.3 Å². The minimum absolute atomic E-state index is 0.0206. The number of aliphatic hydroxyl groups is 1. The van der Waals surface area contributed by atoms with Gasteiger partial charge in [-0.1, -0.05) is 136 Å². The fraction of sp³-hybridized carbons (Fsp3) is 0.628. The molecular formula is C78H118FN13O14. The van der Waals surface area contributed by atoms with E-state index in [1.54, 1.807) is 93.3 Å². The summed E-state index contributed by atoms with van der Waals surface area (Å²) in [5, 5.41) is 22.6. The van der Waals surface area contributed by atoms with E-state index in [4.69, 9.17) is 4.74 Å². The van der Waals surface area contributed by atoms with Crippen molar-refractivity contribution in [2.24, 2.45) is 29.6 Å². The number of rotatable bonds is 19. The predicted molar refractivity (Wildman–Crippen MR) is 398 cm³/mol. The molecule has 0 unspecified atom stereocenters. The van der Waals surface area contributed by atoms with Crippen LogP contribution in [0.15, 0.2) is 79.1 Å². The Morgan fingerprint density at radius 3 is 1.57 bits per heavy atom. The van der Waals surface area contributed by atoms with Gasteiger partial charge < -0.3 is 70.3 Å². The smallest absolute Gasteiger partial charge is 0.248 e. The highest BCUT2D eigenvalue weighted by atomic mass is 19.1. The van der Waals surface area contributed by atoms with Gasteiger partial charge in [0.15, 0.2) is 0 Å². The number of hydrogen-bond donors (Lipinski definition) is 5. The van der Waals surface area contributed by atoms with Crippen molar-refractivity contribution in [2.75, 3.05) is 75.6 Å². The lowest BCUT2D eigenvalue weighted by Crippen LogP contribution is -2.63. The molecule has 5 rings (SSSR count). The minimum Gasteiger partial charge on any atom is -0.391 e. The summed E-state index contributed by atoms with van der Waals surface area (Å²) in [4.78, 5) is 195. The van der Waals surface area contributed by atoms with E-state index in [9.17, 15) is 33.5 Å². The molecule has 12 atom stereocenters. The first kappa shape index (κ1) is 87.7. The van der Waals surface area contributed by atoms with Crippen molar-refractivity contribution in [3.8, 4) is 0 Å². The number of nitrogens with zero attached hydrogens (tertiary/aromatic N) is 9. The van der Waals surface area contributed by atoms with Crippen LogP contribution >= 0.6 is 0 Å². The second kappa shape index (κ2) is 41.3. The van der Waals surface area contributed by atoms with Crippen LogP contribution in [0.5, 0.6) is 0 Å². The molecule has 0 saturated carbocycles. The molecule has 0 radical (unpaired) electrons. The van der Waals surface area contributed by atoms with Crippen molar-refractivity contribution in [1.29, 1.82) is 0 Å². The molecular weight excluding hydrogens is 1360 g/mol. The summed E-state index contributed by atoms with van der Waals surface area (Å²) in [5.41, 5.74) is 1.55. The molecule has 12 amide bonds. The molecule has 2 fully saturated rings. The van der Waals surface area contributed by atoms with Gasteiger partial charge in [-0.3, -0.25) is 62.5 Å². The number of piperidine rings is 1. The lowest BCUT2D eigenvalue weighted by atomic mass is 9.94. The highest BCUT2D eigenvalue weighted by molar-refractivity contribution is 6.00. The van der Waals surface area contributed by atoms with Gasteiger partial charge in [-0.25, -0.2) is 4.39 Å². The number of likely N-dealkylation sites (N-methyl/N-ethyl adjacent to an activating group) is 7. The second-order valence-corrected chi connectivity index (χ2v) is 30.4. The Kier molecular flexibility index (Phi) is 34.1. The molecule has 106 heavy (non-hydrogen) atoms. The zero-order chi connectivity index (χ0) is 79.1. The summed E-state index contributed by atoms with van der Waals surface area (Å²) in [6.07, 6.45) is 2.51. The van der Waals surface area contributed by atoms with Gasteiger partial charge in [0.1, 0.15) is 66.2 Å². The molecule has 586 valence electrons. The third kappa shape index (κ3) is 24.6. The van der Waals surface area contributed by atoms with Crippen LogP contribution < -0.4 is 21.3 Å². The first-order valence-corrected chi connectivity index (χ1v) is 37.2. The van der Waals surface area contributed by atoms with Gasteiger partial charge >= 0.3 is 0 Å². The number of carbonyl (C=O) groups is 12. The highest BCUT2D eigenvalue weighted by Gasteiger charge is 2.45. The van der Waals surface area contributed by atoms with Gasteiger partial charge in [-0.2, -0.15) is 0 Å². The average molecular weight is 1480 g/mol. The van der Waals surface area contributed by atoms with Crippen LogP contribution in [0.2, 0.25) is 0 Å². The van der Waals surface area contributed by atoms with E-state index >= 15 is 33.6 Å². The van der Waals surface area contributed by atoms with Crippen molar-refractivity contribution in [3.63, 3.8) is 0 Å². The number of likely N-dealkylation sites (tertiary alicyclic amines) is 1. The maximum atomic E-state index is 15.7. The molecule has 0 spiro atoms. The van der Waals surface area contributed by atoms with Gasteiger partial charge in [0.2, 0.25) is 70.9 Å². The summed E-state index contributed by atoms with van der Waals surface area (Å²) in [7, 11) is 9.61. The number of halogens is 1. The summed E-state index contributed by atoms with van der Waals surface area (Å²) in [6, 6.07) is 4.68. The van der Waals surface area contributed by atoms with Gasteiger partial charge in [-0.05, 0) is 97.8 Å². The Morgan fingerprint density at radius 1 is 0.528 bits per heavy atom. The molecule has 5 N–H and O–H groups in total. The van der Waals surface area contributed by atoms with Gasteiger partial charge in [0, 0.05) is 81.5 Å². The molecule has 3 heterocycles. The Labute approximate surface area is 625 Å². The van der Waals surface area contributed by atoms with Crippen LogP contribution in [0.1, 0.15) is 144 Å². The zero-order valence-corrected chi connectivity index (χ0v) is 65.5. The second-order valence-electron chi connectivity index (χ2n) is 30.4. The Morgan fingerprint density at radius 2 is 1.03 bits per heavy atom. The van der Waals surface area contributed by atoms with Crippen molar-refractivity contribution in [1.82, 2.24) is 65.5 Å². The number of aliphatic hydroxyl groups excluding tert-OH is 1. The SMILES string of the molecule is CC[C@H](C)[C@H]1C(=O)N[C@@H]([C@@H](C)O)C(=O)N(C)CC(=O)N(C)[C@@H](CC(C)C)C(=O)N[C@H](C(=O)N2CCCCC2)CC(=O)N(C)[C@@H](C(C)C)C(=O)N[C@@H](COCc2cncc(F)c2)C(=O)N(C)[C@@H](CC(C)C)C(=O)N(C)[C@@H](Cc2ccccc2)C(=O)N[C@@H](CC(C)C)C(=O)N(C)[C@@H](Cc2ccccc2)C(=O)N1C. The molecule has 2 aromatic carbocycles. The minimum atomic E-state index is -1.69. The molecule has 3 aromatic rings. The lowest BCUT2D eigenvalue weighted by Gasteiger charge is -2.39. The third-order valence-corrected chi connectivity index (χ3v) is 20.0.